The van der Waals surface area contributed by atoms with Gasteiger partial charge in [-0.3, -0.25) is 10.4 Å². The lowest BCUT2D eigenvalue weighted by molar-refractivity contribution is 0.373. The maximum Gasteiger partial charge on any atom is 0.208 e. The van der Waals surface area contributed by atoms with Gasteiger partial charge >= 0.3 is 0 Å². The minimum Gasteiger partial charge on any atom is -0.368 e. The van der Waals surface area contributed by atoms with Crippen molar-refractivity contribution in [3.8, 4) is 0 Å². The first-order chi connectivity index (χ1) is 9.24. The second-order valence-corrected chi connectivity index (χ2v) is 4.76. The van der Waals surface area contributed by atoms with Crippen LogP contribution in [0, 0.1) is 6.92 Å². The fourth-order valence-corrected chi connectivity index (χ4v) is 2.39. The summed E-state index contributed by atoms with van der Waals surface area (Å²) in [4.78, 5) is 8.98. The Kier molecular flexibility index (Phi) is 4.63. The van der Waals surface area contributed by atoms with Crippen molar-refractivity contribution < 1.29 is 0 Å². The molecule has 1 aliphatic heterocycles. The zero-order valence-electron chi connectivity index (χ0n) is 11.8. The predicted octanol–water partition coefficient (Wildman–Crippen LogP) is 0.956. The van der Waals surface area contributed by atoms with E-state index in [1.165, 1.54) is 11.3 Å². The zero-order chi connectivity index (χ0) is 13.7. The molecule has 0 saturated carbocycles. The molecule has 2 rings (SSSR count). The Morgan fingerprint density at radius 3 is 2.63 bits per heavy atom. The smallest absolute Gasteiger partial charge is 0.208 e. The van der Waals surface area contributed by atoms with Crippen LogP contribution in [0.3, 0.4) is 0 Å². The van der Waals surface area contributed by atoms with E-state index in [9.17, 15) is 0 Å². The van der Waals surface area contributed by atoms with E-state index in [2.05, 4.69) is 51.4 Å². The number of hydrazine groups is 1. The summed E-state index contributed by atoms with van der Waals surface area (Å²) in [6.45, 7) is 8.76. The van der Waals surface area contributed by atoms with Crippen LogP contribution >= 0.6 is 0 Å². The summed E-state index contributed by atoms with van der Waals surface area (Å²) < 4.78 is 0. The summed E-state index contributed by atoms with van der Waals surface area (Å²) in [5, 5.41) is 0. The Labute approximate surface area is 115 Å². The second kappa shape index (κ2) is 6.43. The van der Waals surface area contributed by atoms with Crippen LogP contribution in [0.1, 0.15) is 12.5 Å². The van der Waals surface area contributed by atoms with Gasteiger partial charge in [-0.1, -0.05) is 12.1 Å². The number of hydrogen-bond donors (Lipinski definition) is 2. The maximum atomic E-state index is 5.52. The molecule has 0 radical (unpaired) electrons. The van der Waals surface area contributed by atoms with E-state index in [0.717, 1.165) is 38.7 Å². The number of rotatable bonds is 2. The van der Waals surface area contributed by atoms with Gasteiger partial charge in [0, 0.05) is 38.4 Å². The molecule has 0 atom stereocenters. The summed E-state index contributed by atoms with van der Waals surface area (Å²) >= 11 is 0. The molecule has 0 aliphatic carbocycles. The molecule has 0 bridgehead atoms. The Bertz CT molecular complexity index is 435. The van der Waals surface area contributed by atoms with Gasteiger partial charge in [-0.25, -0.2) is 5.84 Å². The lowest BCUT2D eigenvalue weighted by Crippen LogP contribution is -2.54. The van der Waals surface area contributed by atoms with Crippen molar-refractivity contribution in [2.75, 3.05) is 37.6 Å². The van der Waals surface area contributed by atoms with E-state index in [1.54, 1.807) is 0 Å². The fraction of sp³-hybridized carbons (Fsp3) is 0.500. The molecule has 3 N–H and O–H groups in total. The number of anilines is 1. The van der Waals surface area contributed by atoms with Crippen molar-refractivity contribution in [1.29, 1.82) is 0 Å². The number of benzene rings is 1. The molecule has 19 heavy (non-hydrogen) atoms. The van der Waals surface area contributed by atoms with E-state index in [1.807, 2.05) is 6.92 Å². The third kappa shape index (κ3) is 3.38. The van der Waals surface area contributed by atoms with Crippen LogP contribution in [-0.4, -0.2) is 43.6 Å². The average molecular weight is 261 g/mol. The van der Waals surface area contributed by atoms with Crippen LogP contribution in [0.25, 0.3) is 0 Å². The van der Waals surface area contributed by atoms with Crippen LogP contribution < -0.4 is 16.2 Å². The molecular formula is C14H23N5. The Balaban J connectivity index is 1.97. The Morgan fingerprint density at radius 2 is 2.05 bits per heavy atom. The predicted molar refractivity (Wildman–Crippen MR) is 80.3 cm³/mol. The highest BCUT2D eigenvalue weighted by molar-refractivity contribution is 5.79. The van der Waals surface area contributed by atoms with Crippen molar-refractivity contribution in [1.82, 2.24) is 10.3 Å². The molecule has 1 aromatic carbocycles. The van der Waals surface area contributed by atoms with Crippen LogP contribution in [0.2, 0.25) is 0 Å². The fourth-order valence-electron chi connectivity index (χ4n) is 2.39. The minimum absolute atomic E-state index is 0.748. The lowest BCUT2D eigenvalue weighted by Gasteiger charge is -2.37. The standard InChI is InChI=1S/C14H23N5/c1-3-16-14(17-15)19-9-7-18(8-10-19)13-6-4-5-12(2)11-13/h4-6,11H,3,7-10,15H2,1-2H3,(H,16,17). The molecule has 5 nitrogen and oxygen atoms in total. The van der Waals surface area contributed by atoms with Crippen LogP contribution in [-0.2, 0) is 0 Å². The SMILES string of the molecule is CCN=C(NN)N1CCN(c2cccc(C)c2)CC1. The number of hydrogen-bond acceptors (Lipinski definition) is 3. The van der Waals surface area contributed by atoms with Gasteiger partial charge in [0.25, 0.3) is 0 Å². The van der Waals surface area contributed by atoms with Crippen molar-refractivity contribution >= 4 is 11.6 Å². The van der Waals surface area contributed by atoms with Crippen molar-refractivity contribution in [3.63, 3.8) is 0 Å². The zero-order valence-corrected chi connectivity index (χ0v) is 11.8. The molecular weight excluding hydrogens is 238 g/mol. The normalized spacial score (nSPS) is 16.7. The lowest BCUT2D eigenvalue weighted by atomic mass is 10.2. The molecule has 0 aromatic heterocycles. The Hall–Kier alpha value is -1.75. The third-order valence-corrected chi connectivity index (χ3v) is 3.38. The van der Waals surface area contributed by atoms with Gasteiger partial charge in [-0.2, -0.15) is 0 Å². The number of nitrogens with one attached hydrogen (secondary N) is 1. The number of nitrogens with zero attached hydrogens (tertiary/aromatic N) is 3. The van der Waals surface area contributed by atoms with Gasteiger partial charge in [0.2, 0.25) is 5.96 Å². The number of aryl methyl sites for hydroxylation is 1. The molecule has 1 aromatic rings. The average Bonchev–Trinajstić information content (AvgIpc) is 2.45. The summed E-state index contributed by atoms with van der Waals surface area (Å²) in [6, 6.07) is 8.65. The van der Waals surface area contributed by atoms with Crippen LogP contribution in [0.5, 0.6) is 0 Å². The second-order valence-electron chi connectivity index (χ2n) is 4.76. The number of nitrogens with two attached hydrogens (primary N) is 1. The first-order valence-corrected chi connectivity index (χ1v) is 6.82. The van der Waals surface area contributed by atoms with Gasteiger partial charge < -0.3 is 9.80 Å². The highest BCUT2D eigenvalue weighted by Crippen LogP contribution is 2.17. The van der Waals surface area contributed by atoms with Crippen molar-refractivity contribution in [2.24, 2.45) is 10.8 Å². The summed E-state index contributed by atoms with van der Waals surface area (Å²) in [6.07, 6.45) is 0. The summed E-state index contributed by atoms with van der Waals surface area (Å²) in [5.41, 5.74) is 5.30. The van der Waals surface area contributed by atoms with Gasteiger partial charge in [0.15, 0.2) is 0 Å². The van der Waals surface area contributed by atoms with Crippen molar-refractivity contribution in [2.45, 2.75) is 13.8 Å². The Morgan fingerprint density at radius 1 is 1.32 bits per heavy atom. The van der Waals surface area contributed by atoms with Gasteiger partial charge in [-0.05, 0) is 31.5 Å². The van der Waals surface area contributed by atoms with E-state index in [-0.39, 0.29) is 0 Å². The quantitative estimate of drug-likeness (QED) is 0.360. The van der Waals surface area contributed by atoms with Gasteiger partial charge in [-0.15, -0.1) is 0 Å². The monoisotopic (exact) mass is 261 g/mol. The number of aliphatic imine (C=N–C) groups is 1. The largest absolute Gasteiger partial charge is 0.368 e. The number of guanidine groups is 1. The first kappa shape index (κ1) is 13.7. The molecule has 5 heteroatoms. The number of piperazine rings is 1. The summed E-state index contributed by atoms with van der Waals surface area (Å²) in [7, 11) is 0. The van der Waals surface area contributed by atoms with Crippen LogP contribution in [0.15, 0.2) is 29.3 Å². The van der Waals surface area contributed by atoms with E-state index >= 15 is 0 Å². The highest BCUT2D eigenvalue weighted by Gasteiger charge is 2.19. The van der Waals surface area contributed by atoms with E-state index < -0.39 is 0 Å². The molecule has 104 valence electrons. The third-order valence-electron chi connectivity index (χ3n) is 3.38. The molecule has 1 heterocycles. The highest BCUT2D eigenvalue weighted by atomic mass is 15.4. The molecule has 1 aliphatic rings. The minimum atomic E-state index is 0.748. The molecule has 1 fully saturated rings. The van der Waals surface area contributed by atoms with E-state index in [0.29, 0.717) is 0 Å². The summed E-state index contributed by atoms with van der Waals surface area (Å²) in [5.74, 6) is 6.32. The molecule has 1 saturated heterocycles. The van der Waals surface area contributed by atoms with Gasteiger partial charge in [0.05, 0.1) is 0 Å². The first-order valence-electron chi connectivity index (χ1n) is 6.82. The topological polar surface area (TPSA) is 56.9 Å². The molecule has 0 amide bonds. The molecule has 0 spiro atoms. The van der Waals surface area contributed by atoms with Crippen molar-refractivity contribution in [3.05, 3.63) is 29.8 Å². The van der Waals surface area contributed by atoms with E-state index in [4.69, 9.17) is 5.84 Å². The van der Waals surface area contributed by atoms with Crippen LogP contribution in [0.4, 0.5) is 5.69 Å². The molecule has 0 unspecified atom stereocenters. The van der Waals surface area contributed by atoms with Gasteiger partial charge in [0.1, 0.15) is 0 Å². The maximum absolute atomic E-state index is 5.52.